The smallest absolute Gasteiger partial charge is 0.309 e. The molecule has 5 rings (SSSR count). The van der Waals surface area contributed by atoms with E-state index in [0.29, 0.717) is 68.3 Å². The second kappa shape index (κ2) is 15.0. The lowest BCUT2D eigenvalue weighted by Crippen LogP contribution is -2.32. The molecule has 4 nitrogen and oxygen atoms in total. The van der Waals surface area contributed by atoms with Gasteiger partial charge in [0.2, 0.25) is 11.6 Å². The molecule has 2 aromatic carbocycles. The van der Waals surface area contributed by atoms with Gasteiger partial charge in [-0.15, -0.1) is 0 Å². The van der Waals surface area contributed by atoms with Crippen LogP contribution in [-0.2, 0) is 9.53 Å². The van der Waals surface area contributed by atoms with Gasteiger partial charge in [0.05, 0.1) is 19.1 Å². The average molecular weight is 619 g/mol. The molecule has 3 aliphatic carbocycles. The predicted molar refractivity (Wildman–Crippen MR) is 161 cm³/mol. The molecular weight excluding hydrogens is 572 g/mol. The molecule has 0 saturated heterocycles. The highest BCUT2D eigenvalue weighted by atomic mass is 19.2. The fourth-order valence-electron chi connectivity index (χ4n) is 7.79. The predicted octanol–water partition coefficient (Wildman–Crippen LogP) is 9.78. The number of carbonyl (C=O) groups excluding carboxylic acids is 1. The summed E-state index contributed by atoms with van der Waals surface area (Å²) in [6.07, 6.45) is 10.4. The maximum absolute atomic E-state index is 14.8. The molecular formula is C36H46F4O4. The van der Waals surface area contributed by atoms with Gasteiger partial charge in [0, 0.05) is 0 Å². The Morgan fingerprint density at radius 1 is 0.636 bits per heavy atom. The number of hydrogen-bond acceptors (Lipinski definition) is 4. The van der Waals surface area contributed by atoms with Gasteiger partial charge in [0.1, 0.15) is 6.10 Å². The summed E-state index contributed by atoms with van der Waals surface area (Å²) in [4.78, 5) is 13.0. The van der Waals surface area contributed by atoms with E-state index in [0.717, 1.165) is 51.4 Å². The zero-order valence-electron chi connectivity index (χ0n) is 26.0. The summed E-state index contributed by atoms with van der Waals surface area (Å²) in [7, 11) is 0. The van der Waals surface area contributed by atoms with Gasteiger partial charge in [-0.1, -0.05) is 19.1 Å². The van der Waals surface area contributed by atoms with Crippen molar-refractivity contribution in [1.82, 2.24) is 0 Å². The maximum atomic E-state index is 14.8. The van der Waals surface area contributed by atoms with Crippen LogP contribution in [0.15, 0.2) is 24.3 Å². The second-order valence-electron chi connectivity index (χ2n) is 13.0. The highest BCUT2D eigenvalue weighted by Gasteiger charge is 2.36. The largest absolute Gasteiger partial charge is 0.491 e. The van der Waals surface area contributed by atoms with Crippen molar-refractivity contribution in [3.8, 4) is 11.5 Å². The van der Waals surface area contributed by atoms with Crippen LogP contribution in [0.2, 0.25) is 0 Å². The first-order valence-corrected chi connectivity index (χ1v) is 16.7. The van der Waals surface area contributed by atoms with Crippen molar-refractivity contribution in [1.29, 1.82) is 0 Å². The number of hydrogen-bond donors (Lipinski definition) is 0. The molecule has 0 aliphatic heterocycles. The molecule has 0 radical (unpaired) electrons. The first-order chi connectivity index (χ1) is 21.3. The molecule has 8 heteroatoms. The summed E-state index contributed by atoms with van der Waals surface area (Å²) in [5, 5.41) is 0. The van der Waals surface area contributed by atoms with E-state index in [4.69, 9.17) is 14.2 Å². The molecule has 2 aromatic rings. The van der Waals surface area contributed by atoms with Crippen molar-refractivity contribution in [2.24, 2.45) is 17.8 Å². The summed E-state index contributed by atoms with van der Waals surface area (Å²) >= 11 is 0. The molecule has 0 heterocycles. The lowest BCUT2D eigenvalue weighted by molar-refractivity contribution is -0.157. The zero-order chi connectivity index (χ0) is 31.2. The molecule has 0 N–H and O–H groups in total. The number of rotatable bonds is 10. The van der Waals surface area contributed by atoms with Gasteiger partial charge in [-0.2, -0.15) is 8.78 Å². The zero-order valence-corrected chi connectivity index (χ0v) is 26.0. The first-order valence-electron chi connectivity index (χ1n) is 16.7. The lowest BCUT2D eigenvalue weighted by Gasteiger charge is -2.38. The van der Waals surface area contributed by atoms with Gasteiger partial charge < -0.3 is 14.2 Å². The third-order valence-electron chi connectivity index (χ3n) is 10.3. The van der Waals surface area contributed by atoms with Crippen LogP contribution in [0.4, 0.5) is 17.6 Å². The van der Waals surface area contributed by atoms with Gasteiger partial charge in [0.15, 0.2) is 23.1 Å². The lowest BCUT2D eigenvalue weighted by atomic mass is 9.68. The van der Waals surface area contributed by atoms with Crippen molar-refractivity contribution in [3.63, 3.8) is 0 Å². The number of ether oxygens (including phenoxy) is 3. The minimum absolute atomic E-state index is 0.0209. The summed E-state index contributed by atoms with van der Waals surface area (Å²) in [5.41, 5.74) is 0.831. The molecule has 0 unspecified atom stereocenters. The minimum Gasteiger partial charge on any atom is -0.491 e. The van der Waals surface area contributed by atoms with Crippen LogP contribution in [0.3, 0.4) is 0 Å². The number of halogens is 4. The van der Waals surface area contributed by atoms with Crippen molar-refractivity contribution in [2.75, 3.05) is 13.2 Å². The summed E-state index contributed by atoms with van der Waals surface area (Å²) in [5.74, 6) is -2.71. The third kappa shape index (κ3) is 7.37. The van der Waals surface area contributed by atoms with Gasteiger partial charge in [-0.3, -0.25) is 4.79 Å². The fraction of sp³-hybridized carbons (Fsp3) is 0.639. The van der Waals surface area contributed by atoms with E-state index in [-0.39, 0.29) is 41.3 Å². The van der Waals surface area contributed by atoms with Crippen LogP contribution in [0, 0.1) is 41.0 Å². The van der Waals surface area contributed by atoms with Gasteiger partial charge in [-0.05, 0) is 137 Å². The Morgan fingerprint density at radius 3 is 1.61 bits per heavy atom. The van der Waals surface area contributed by atoms with Crippen molar-refractivity contribution >= 4 is 5.97 Å². The minimum atomic E-state index is -0.926. The van der Waals surface area contributed by atoms with E-state index in [9.17, 15) is 22.4 Å². The van der Waals surface area contributed by atoms with Crippen LogP contribution < -0.4 is 9.47 Å². The molecule has 44 heavy (non-hydrogen) atoms. The molecule has 3 fully saturated rings. The molecule has 0 spiro atoms. The topological polar surface area (TPSA) is 44.8 Å². The SMILES string of the molecule is CCCOc1ccc(C2CCC(OC(=O)C3CCC(C4CCC(c5ccc(OCC)c(F)c5F)CC4)CC3)CC2)c(F)c1F. The van der Waals surface area contributed by atoms with Crippen LogP contribution in [-0.4, -0.2) is 25.3 Å². The van der Waals surface area contributed by atoms with Crippen LogP contribution >= 0.6 is 0 Å². The van der Waals surface area contributed by atoms with Crippen molar-refractivity contribution in [2.45, 2.75) is 115 Å². The Morgan fingerprint density at radius 2 is 1.11 bits per heavy atom. The molecule has 242 valence electrons. The molecule has 0 amide bonds. The summed E-state index contributed by atoms with van der Waals surface area (Å²) < 4.78 is 74.9. The Hall–Kier alpha value is -2.77. The van der Waals surface area contributed by atoms with E-state index in [1.165, 1.54) is 6.07 Å². The Balaban J connectivity index is 1.04. The molecule has 0 aromatic heterocycles. The summed E-state index contributed by atoms with van der Waals surface area (Å²) in [6, 6.07) is 6.36. The second-order valence-corrected chi connectivity index (χ2v) is 13.0. The molecule has 0 bridgehead atoms. The third-order valence-corrected chi connectivity index (χ3v) is 10.3. The first kappa shape index (κ1) is 32.6. The Labute approximate surface area is 258 Å². The standard InChI is InChI=1S/C36H46F4O4/c1-3-21-43-31-20-18-29(33(38)35(31)40)25-13-15-27(16-14-25)44-36(41)26-11-7-23(8-12-26)22-5-9-24(10-6-22)28-17-19-30(42-4-2)34(39)32(28)37/h17-20,22-27H,3-16,21H2,1-2H3. The highest BCUT2D eigenvalue weighted by Crippen LogP contribution is 2.45. The van der Waals surface area contributed by atoms with Crippen molar-refractivity contribution < 1.29 is 36.6 Å². The number of benzene rings is 2. The van der Waals surface area contributed by atoms with E-state index >= 15 is 0 Å². The maximum Gasteiger partial charge on any atom is 0.309 e. The van der Waals surface area contributed by atoms with Crippen LogP contribution in [0.25, 0.3) is 0 Å². The van der Waals surface area contributed by atoms with Crippen LogP contribution in [0.1, 0.15) is 120 Å². The molecule has 3 saturated carbocycles. The van der Waals surface area contributed by atoms with Crippen molar-refractivity contribution in [3.05, 3.63) is 58.7 Å². The monoisotopic (exact) mass is 618 g/mol. The summed E-state index contributed by atoms with van der Waals surface area (Å²) in [6.45, 7) is 4.28. The van der Waals surface area contributed by atoms with E-state index in [2.05, 4.69) is 0 Å². The van der Waals surface area contributed by atoms with Crippen LogP contribution in [0.5, 0.6) is 11.5 Å². The quantitative estimate of drug-likeness (QED) is 0.196. The van der Waals surface area contributed by atoms with E-state index < -0.39 is 23.3 Å². The Bertz CT molecular complexity index is 1260. The van der Waals surface area contributed by atoms with Gasteiger partial charge in [0.25, 0.3) is 0 Å². The molecule has 0 atom stereocenters. The molecule has 3 aliphatic rings. The number of carbonyl (C=O) groups is 1. The van der Waals surface area contributed by atoms with E-state index in [1.54, 1.807) is 25.1 Å². The number of esters is 1. The Kier molecular flexibility index (Phi) is 11.1. The highest BCUT2D eigenvalue weighted by molar-refractivity contribution is 5.72. The van der Waals surface area contributed by atoms with Gasteiger partial charge in [-0.25, -0.2) is 8.78 Å². The fourth-order valence-corrected chi connectivity index (χ4v) is 7.79. The van der Waals surface area contributed by atoms with E-state index in [1.807, 2.05) is 6.92 Å². The average Bonchev–Trinajstić information content (AvgIpc) is 3.05. The van der Waals surface area contributed by atoms with Gasteiger partial charge >= 0.3 is 5.97 Å². The normalized spacial score (nSPS) is 27.5.